The van der Waals surface area contributed by atoms with E-state index in [4.69, 9.17) is 11.6 Å². The van der Waals surface area contributed by atoms with Gasteiger partial charge in [0.1, 0.15) is 5.02 Å². The van der Waals surface area contributed by atoms with Gasteiger partial charge in [0.05, 0.1) is 36.1 Å². The van der Waals surface area contributed by atoms with Crippen molar-refractivity contribution in [2.24, 2.45) is 0 Å². The van der Waals surface area contributed by atoms with E-state index >= 15 is 0 Å². The van der Waals surface area contributed by atoms with E-state index in [9.17, 15) is 4.79 Å². The lowest BCUT2D eigenvalue weighted by molar-refractivity contribution is 0.654. The molecule has 1 aliphatic rings. The average molecular weight is 356 g/mol. The summed E-state index contributed by atoms with van der Waals surface area (Å²) < 4.78 is 2.18. The van der Waals surface area contributed by atoms with Crippen LogP contribution in [-0.4, -0.2) is 26.3 Å². The second-order valence-corrected chi connectivity index (χ2v) is 6.64. The normalized spacial score (nSPS) is 13.8. The number of hydrogen-bond donors (Lipinski definition) is 1. The van der Waals surface area contributed by atoms with Gasteiger partial charge in [-0.15, -0.1) is 0 Å². The van der Waals surface area contributed by atoms with Gasteiger partial charge in [-0.05, 0) is 18.1 Å². The van der Waals surface area contributed by atoms with E-state index in [1.54, 1.807) is 6.20 Å². The Bertz CT molecular complexity index is 978. The van der Waals surface area contributed by atoms with Crippen LogP contribution in [0.3, 0.4) is 0 Å². The van der Waals surface area contributed by atoms with Crippen molar-refractivity contribution in [3.63, 3.8) is 0 Å². The van der Waals surface area contributed by atoms with Crippen LogP contribution in [-0.2, 0) is 19.5 Å². The van der Waals surface area contributed by atoms with E-state index in [0.717, 1.165) is 30.9 Å². The first kappa shape index (κ1) is 15.9. The number of halogens is 1. The van der Waals surface area contributed by atoms with Crippen molar-refractivity contribution in [3.05, 3.63) is 74.7 Å². The first-order valence-electron chi connectivity index (χ1n) is 8.19. The van der Waals surface area contributed by atoms with Crippen molar-refractivity contribution >= 4 is 17.3 Å². The number of H-pyrrole nitrogens is 1. The zero-order valence-electron chi connectivity index (χ0n) is 13.9. The number of rotatable bonds is 3. The first-order valence-corrected chi connectivity index (χ1v) is 8.57. The standard InChI is InChI=1S/C18H18ClN5O/c1-12-4-2-3-5-13(12)9-24-11-20-14-6-7-23(10-16(14)24)15-8-21-22-18(25)17(15)19/h2-5,8,11H,6-7,9-10H2,1H3,(H,22,25). The van der Waals surface area contributed by atoms with Crippen LogP contribution in [0, 0.1) is 6.92 Å². The molecule has 3 aromatic rings. The van der Waals surface area contributed by atoms with Crippen LogP contribution >= 0.6 is 11.6 Å². The number of benzene rings is 1. The van der Waals surface area contributed by atoms with Crippen LogP contribution < -0.4 is 10.5 Å². The number of aromatic nitrogens is 4. The van der Waals surface area contributed by atoms with Gasteiger partial charge in [0, 0.05) is 19.5 Å². The lowest BCUT2D eigenvalue weighted by Gasteiger charge is -2.29. The largest absolute Gasteiger partial charge is 0.363 e. The second kappa shape index (κ2) is 6.37. The molecular formula is C18H18ClN5O. The molecule has 1 aliphatic heterocycles. The predicted octanol–water partition coefficient (Wildman–Crippen LogP) is 2.54. The van der Waals surface area contributed by atoms with E-state index in [1.165, 1.54) is 11.1 Å². The molecule has 0 saturated carbocycles. The Morgan fingerprint density at radius 3 is 3.00 bits per heavy atom. The summed E-state index contributed by atoms with van der Waals surface area (Å²) >= 11 is 6.17. The van der Waals surface area contributed by atoms with Gasteiger partial charge in [0.25, 0.3) is 5.56 Å². The van der Waals surface area contributed by atoms with E-state index in [0.29, 0.717) is 12.2 Å². The minimum Gasteiger partial charge on any atom is -0.363 e. The lowest BCUT2D eigenvalue weighted by Crippen LogP contribution is -2.33. The van der Waals surface area contributed by atoms with Gasteiger partial charge < -0.3 is 9.47 Å². The fraction of sp³-hybridized carbons (Fsp3) is 0.278. The minimum atomic E-state index is -0.363. The van der Waals surface area contributed by atoms with Crippen molar-refractivity contribution in [2.45, 2.75) is 26.4 Å². The van der Waals surface area contributed by atoms with E-state index in [2.05, 4.69) is 49.8 Å². The number of nitrogens with zero attached hydrogens (tertiary/aromatic N) is 4. The Labute approximate surface area is 150 Å². The number of imidazole rings is 1. The second-order valence-electron chi connectivity index (χ2n) is 6.26. The van der Waals surface area contributed by atoms with Crippen molar-refractivity contribution in [3.8, 4) is 0 Å². The predicted molar refractivity (Wildman–Crippen MR) is 97.1 cm³/mol. The number of hydrogen-bond acceptors (Lipinski definition) is 4. The highest BCUT2D eigenvalue weighted by Gasteiger charge is 2.23. The summed E-state index contributed by atoms with van der Waals surface area (Å²) in [6.45, 7) is 4.32. The van der Waals surface area contributed by atoms with Crippen LogP contribution in [0.4, 0.5) is 5.69 Å². The maximum atomic E-state index is 11.7. The van der Waals surface area contributed by atoms with Crippen LogP contribution in [0.5, 0.6) is 0 Å². The zero-order valence-corrected chi connectivity index (χ0v) is 14.6. The molecular weight excluding hydrogens is 338 g/mol. The quantitative estimate of drug-likeness (QED) is 0.784. The molecule has 0 amide bonds. The molecule has 4 rings (SSSR count). The molecule has 0 fully saturated rings. The summed E-state index contributed by atoms with van der Waals surface area (Å²) in [7, 11) is 0. The van der Waals surface area contributed by atoms with Gasteiger partial charge in [-0.2, -0.15) is 5.10 Å². The van der Waals surface area contributed by atoms with Gasteiger partial charge >= 0.3 is 0 Å². The lowest BCUT2D eigenvalue weighted by atomic mass is 10.1. The average Bonchev–Trinajstić information content (AvgIpc) is 3.01. The highest BCUT2D eigenvalue weighted by Crippen LogP contribution is 2.27. The highest BCUT2D eigenvalue weighted by atomic mass is 35.5. The van der Waals surface area contributed by atoms with Gasteiger partial charge in [-0.3, -0.25) is 4.79 Å². The van der Waals surface area contributed by atoms with Crippen molar-refractivity contribution in [1.82, 2.24) is 19.7 Å². The Morgan fingerprint density at radius 2 is 2.16 bits per heavy atom. The maximum Gasteiger partial charge on any atom is 0.285 e. The van der Waals surface area contributed by atoms with E-state index in [-0.39, 0.29) is 10.6 Å². The topological polar surface area (TPSA) is 66.8 Å². The number of fused-ring (bicyclic) bond motifs is 1. The van der Waals surface area contributed by atoms with Crippen LogP contribution in [0.25, 0.3) is 0 Å². The third-order valence-electron chi connectivity index (χ3n) is 4.71. The highest BCUT2D eigenvalue weighted by molar-refractivity contribution is 6.32. The molecule has 0 unspecified atom stereocenters. The Morgan fingerprint density at radius 1 is 1.32 bits per heavy atom. The number of aryl methyl sites for hydroxylation is 1. The smallest absolute Gasteiger partial charge is 0.285 e. The van der Waals surface area contributed by atoms with Crippen LogP contribution in [0.1, 0.15) is 22.5 Å². The number of nitrogens with one attached hydrogen (secondary N) is 1. The van der Waals surface area contributed by atoms with E-state index < -0.39 is 0 Å². The molecule has 1 aromatic carbocycles. The molecule has 0 saturated heterocycles. The molecule has 0 spiro atoms. The third kappa shape index (κ3) is 2.93. The third-order valence-corrected chi connectivity index (χ3v) is 5.08. The molecule has 0 radical (unpaired) electrons. The number of anilines is 1. The fourth-order valence-electron chi connectivity index (χ4n) is 3.25. The van der Waals surface area contributed by atoms with Gasteiger partial charge in [-0.1, -0.05) is 35.9 Å². The van der Waals surface area contributed by atoms with Gasteiger partial charge in [-0.25, -0.2) is 10.1 Å². The molecule has 1 N–H and O–H groups in total. The first-order chi connectivity index (χ1) is 12.1. The molecule has 3 heterocycles. The van der Waals surface area contributed by atoms with Crippen molar-refractivity contribution in [1.29, 1.82) is 0 Å². The Balaban J connectivity index is 1.65. The van der Waals surface area contributed by atoms with E-state index in [1.807, 2.05) is 12.4 Å². The van der Waals surface area contributed by atoms with Crippen molar-refractivity contribution in [2.75, 3.05) is 11.4 Å². The van der Waals surface area contributed by atoms with Crippen LogP contribution in [0.15, 0.2) is 41.6 Å². The summed E-state index contributed by atoms with van der Waals surface area (Å²) in [6, 6.07) is 8.36. The molecule has 128 valence electrons. The Kier molecular flexibility index (Phi) is 4.05. The molecule has 0 atom stereocenters. The summed E-state index contributed by atoms with van der Waals surface area (Å²) in [5.74, 6) is 0. The fourth-order valence-corrected chi connectivity index (χ4v) is 3.46. The maximum absolute atomic E-state index is 11.7. The molecule has 0 bridgehead atoms. The Hall–Kier alpha value is -2.60. The summed E-state index contributed by atoms with van der Waals surface area (Å²) in [6.07, 6.45) is 4.33. The van der Waals surface area contributed by atoms with Crippen LogP contribution in [0.2, 0.25) is 5.02 Å². The SMILES string of the molecule is Cc1ccccc1Cn1cnc2c1CN(c1cn[nH]c(=O)c1Cl)CC2. The molecule has 7 heteroatoms. The van der Waals surface area contributed by atoms with Gasteiger partial charge in [0.15, 0.2) is 0 Å². The molecule has 6 nitrogen and oxygen atoms in total. The van der Waals surface area contributed by atoms with Gasteiger partial charge in [0.2, 0.25) is 0 Å². The summed E-state index contributed by atoms with van der Waals surface area (Å²) in [5, 5.41) is 6.43. The molecule has 0 aliphatic carbocycles. The summed E-state index contributed by atoms with van der Waals surface area (Å²) in [5.41, 5.74) is 5.11. The molecule has 2 aromatic heterocycles. The molecule has 25 heavy (non-hydrogen) atoms. The monoisotopic (exact) mass is 355 g/mol. The summed E-state index contributed by atoms with van der Waals surface area (Å²) in [4.78, 5) is 18.4. The van der Waals surface area contributed by atoms with Crippen molar-refractivity contribution < 1.29 is 0 Å². The zero-order chi connectivity index (χ0) is 17.4. The number of aromatic amines is 1. The minimum absolute atomic E-state index is 0.184.